The van der Waals surface area contributed by atoms with Gasteiger partial charge in [-0.25, -0.2) is 0 Å². The maximum absolute atomic E-state index is 11.2. The van der Waals surface area contributed by atoms with Crippen molar-refractivity contribution in [3.05, 3.63) is 28.2 Å². The second kappa shape index (κ2) is 6.53. The van der Waals surface area contributed by atoms with E-state index in [0.29, 0.717) is 19.6 Å². The van der Waals surface area contributed by atoms with E-state index in [2.05, 4.69) is 21.2 Å². The molecule has 3 nitrogen and oxygen atoms in total. The molecule has 0 aliphatic carbocycles. The fourth-order valence-corrected chi connectivity index (χ4v) is 1.79. The van der Waals surface area contributed by atoms with Crippen LogP contribution in [0.15, 0.2) is 22.7 Å². The third-order valence-electron chi connectivity index (χ3n) is 2.10. The average Bonchev–Trinajstić information content (AvgIpc) is 2.22. The smallest absolute Gasteiger partial charge is 0.223 e. The van der Waals surface area contributed by atoms with Gasteiger partial charge in [0.25, 0.3) is 0 Å². The lowest BCUT2D eigenvalue weighted by Gasteiger charge is -2.09. The molecule has 0 aromatic heterocycles. The molecule has 0 saturated heterocycles. The molecule has 0 atom stereocenters. The van der Waals surface area contributed by atoms with E-state index in [1.54, 1.807) is 0 Å². The molecule has 4 heteroatoms. The first kappa shape index (κ1) is 13.0. The largest absolute Gasteiger partial charge is 0.493 e. The fraction of sp³-hybridized carbons (Fsp3) is 0.417. The minimum Gasteiger partial charge on any atom is -0.493 e. The number of amides is 1. The highest BCUT2D eigenvalue weighted by molar-refractivity contribution is 9.10. The topological polar surface area (TPSA) is 38.3 Å². The van der Waals surface area contributed by atoms with Crippen molar-refractivity contribution >= 4 is 21.8 Å². The van der Waals surface area contributed by atoms with E-state index in [1.165, 1.54) is 0 Å². The van der Waals surface area contributed by atoms with Crippen molar-refractivity contribution in [3.8, 4) is 5.75 Å². The number of hydrogen-bond donors (Lipinski definition) is 1. The number of benzene rings is 1. The van der Waals surface area contributed by atoms with Gasteiger partial charge in [-0.05, 0) is 37.6 Å². The molecule has 1 rings (SSSR count). The van der Waals surface area contributed by atoms with E-state index in [-0.39, 0.29) is 5.91 Å². The van der Waals surface area contributed by atoms with Gasteiger partial charge in [0.05, 0.1) is 13.0 Å². The maximum atomic E-state index is 11.2. The van der Waals surface area contributed by atoms with E-state index < -0.39 is 0 Å². The zero-order valence-electron chi connectivity index (χ0n) is 9.55. The predicted octanol–water partition coefficient (Wildman–Crippen LogP) is 2.66. The van der Waals surface area contributed by atoms with Crippen LogP contribution in [0.3, 0.4) is 0 Å². The normalized spacial score (nSPS) is 9.94. The minimum absolute atomic E-state index is 0.0252. The Bertz CT molecular complexity index is 366. The van der Waals surface area contributed by atoms with Crippen LogP contribution in [0.1, 0.15) is 18.9 Å². The highest BCUT2D eigenvalue weighted by Crippen LogP contribution is 2.22. The lowest BCUT2D eigenvalue weighted by atomic mass is 10.2. The molecule has 0 aliphatic heterocycles. The molecule has 0 radical (unpaired) electrons. The Morgan fingerprint density at radius 3 is 2.88 bits per heavy atom. The molecule has 0 spiro atoms. The first-order chi connectivity index (χ1) is 7.63. The summed E-state index contributed by atoms with van der Waals surface area (Å²) in [5.74, 6) is 0.852. The van der Waals surface area contributed by atoms with Crippen LogP contribution in [0.4, 0.5) is 0 Å². The molecule has 1 N–H and O–H groups in total. The van der Waals surface area contributed by atoms with Crippen LogP contribution in [-0.4, -0.2) is 19.1 Å². The van der Waals surface area contributed by atoms with Crippen LogP contribution >= 0.6 is 15.9 Å². The van der Waals surface area contributed by atoms with Crippen molar-refractivity contribution in [2.75, 3.05) is 13.2 Å². The first-order valence-electron chi connectivity index (χ1n) is 5.29. The summed E-state index contributed by atoms with van der Waals surface area (Å²) in [7, 11) is 0. The molecule has 88 valence electrons. The Morgan fingerprint density at radius 2 is 2.25 bits per heavy atom. The summed E-state index contributed by atoms with van der Waals surface area (Å²) in [4.78, 5) is 11.2. The molecule has 0 heterocycles. The van der Waals surface area contributed by atoms with E-state index >= 15 is 0 Å². The SMILES string of the molecule is CCNC(=O)CCOc1ccc(Br)cc1C. The average molecular weight is 286 g/mol. The van der Waals surface area contributed by atoms with Crippen LogP contribution in [0, 0.1) is 6.92 Å². The van der Waals surface area contributed by atoms with Gasteiger partial charge in [-0.3, -0.25) is 4.79 Å². The summed E-state index contributed by atoms with van der Waals surface area (Å²) >= 11 is 3.39. The molecule has 1 aromatic carbocycles. The number of carbonyl (C=O) groups excluding carboxylic acids is 1. The summed E-state index contributed by atoms with van der Waals surface area (Å²) in [5, 5.41) is 2.73. The summed E-state index contributed by atoms with van der Waals surface area (Å²) in [6.45, 7) is 4.95. The number of nitrogens with one attached hydrogen (secondary N) is 1. The van der Waals surface area contributed by atoms with E-state index in [1.807, 2.05) is 32.0 Å². The lowest BCUT2D eigenvalue weighted by Crippen LogP contribution is -2.24. The summed E-state index contributed by atoms with van der Waals surface area (Å²) in [6.07, 6.45) is 0.392. The highest BCUT2D eigenvalue weighted by atomic mass is 79.9. The Morgan fingerprint density at radius 1 is 1.50 bits per heavy atom. The van der Waals surface area contributed by atoms with Crippen LogP contribution in [0.25, 0.3) is 0 Å². The third kappa shape index (κ3) is 4.23. The second-order valence-corrected chi connectivity index (χ2v) is 4.38. The van der Waals surface area contributed by atoms with Crippen molar-refractivity contribution in [3.63, 3.8) is 0 Å². The number of halogens is 1. The van der Waals surface area contributed by atoms with Gasteiger partial charge in [-0.1, -0.05) is 15.9 Å². The zero-order valence-corrected chi connectivity index (χ0v) is 11.1. The fourth-order valence-electron chi connectivity index (χ4n) is 1.31. The molecular formula is C12H16BrNO2. The second-order valence-electron chi connectivity index (χ2n) is 3.46. The first-order valence-corrected chi connectivity index (χ1v) is 6.08. The van der Waals surface area contributed by atoms with Crippen LogP contribution in [0.2, 0.25) is 0 Å². The standard InChI is InChI=1S/C12H16BrNO2/c1-3-14-12(15)6-7-16-11-5-4-10(13)8-9(11)2/h4-5,8H,3,6-7H2,1-2H3,(H,14,15). The molecule has 0 fully saturated rings. The molecule has 0 saturated carbocycles. The molecule has 0 bridgehead atoms. The Balaban J connectivity index is 2.40. The predicted molar refractivity (Wildman–Crippen MR) is 67.7 cm³/mol. The molecule has 0 unspecified atom stereocenters. The monoisotopic (exact) mass is 285 g/mol. The highest BCUT2D eigenvalue weighted by Gasteiger charge is 2.02. The summed E-state index contributed by atoms with van der Waals surface area (Å²) in [6, 6.07) is 5.81. The number of hydrogen-bond acceptors (Lipinski definition) is 2. The number of aryl methyl sites for hydroxylation is 1. The Hall–Kier alpha value is -1.03. The quantitative estimate of drug-likeness (QED) is 0.903. The lowest BCUT2D eigenvalue weighted by molar-refractivity contribution is -0.121. The Kier molecular flexibility index (Phi) is 5.32. The van der Waals surface area contributed by atoms with Gasteiger partial charge < -0.3 is 10.1 Å². The third-order valence-corrected chi connectivity index (χ3v) is 2.59. The van der Waals surface area contributed by atoms with Crippen LogP contribution < -0.4 is 10.1 Å². The summed E-state index contributed by atoms with van der Waals surface area (Å²) in [5.41, 5.74) is 1.06. The maximum Gasteiger partial charge on any atom is 0.223 e. The van der Waals surface area contributed by atoms with Gasteiger partial charge >= 0.3 is 0 Å². The molecular weight excluding hydrogens is 270 g/mol. The summed E-state index contributed by atoms with van der Waals surface area (Å²) < 4.78 is 6.56. The van der Waals surface area contributed by atoms with Gasteiger partial charge in [-0.15, -0.1) is 0 Å². The van der Waals surface area contributed by atoms with Crippen LogP contribution in [0.5, 0.6) is 5.75 Å². The van der Waals surface area contributed by atoms with Crippen molar-refractivity contribution in [1.29, 1.82) is 0 Å². The van der Waals surface area contributed by atoms with Gasteiger partial charge in [0.2, 0.25) is 5.91 Å². The van der Waals surface area contributed by atoms with Gasteiger partial charge in [0, 0.05) is 11.0 Å². The number of ether oxygens (including phenoxy) is 1. The van der Waals surface area contributed by atoms with Gasteiger partial charge in [0.1, 0.15) is 5.75 Å². The van der Waals surface area contributed by atoms with Crippen LogP contribution in [-0.2, 0) is 4.79 Å². The van der Waals surface area contributed by atoms with E-state index in [9.17, 15) is 4.79 Å². The zero-order chi connectivity index (χ0) is 12.0. The van der Waals surface area contributed by atoms with Gasteiger partial charge in [0.15, 0.2) is 0 Å². The van der Waals surface area contributed by atoms with Gasteiger partial charge in [-0.2, -0.15) is 0 Å². The Labute approximate surface area is 104 Å². The van der Waals surface area contributed by atoms with E-state index in [4.69, 9.17) is 4.74 Å². The molecule has 16 heavy (non-hydrogen) atoms. The number of rotatable bonds is 5. The molecule has 0 aliphatic rings. The van der Waals surface area contributed by atoms with Crippen molar-refractivity contribution < 1.29 is 9.53 Å². The van der Waals surface area contributed by atoms with Crippen molar-refractivity contribution in [2.45, 2.75) is 20.3 Å². The van der Waals surface area contributed by atoms with E-state index in [0.717, 1.165) is 15.8 Å². The molecule has 1 amide bonds. The van der Waals surface area contributed by atoms with Crippen molar-refractivity contribution in [2.24, 2.45) is 0 Å². The number of carbonyl (C=O) groups is 1. The molecule has 1 aromatic rings. The van der Waals surface area contributed by atoms with Crippen molar-refractivity contribution in [1.82, 2.24) is 5.32 Å². The minimum atomic E-state index is 0.0252.